The highest BCUT2D eigenvalue weighted by molar-refractivity contribution is 5.90. The Morgan fingerprint density at radius 1 is 1.48 bits per heavy atom. The van der Waals surface area contributed by atoms with Gasteiger partial charge in [0, 0.05) is 0 Å². The van der Waals surface area contributed by atoms with Gasteiger partial charge in [0.15, 0.2) is 5.82 Å². The van der Waals surface area contributed by atoms with E-state index in [0.29, 0.717) is 23.7 Å². The van der Waals surface area contributed by atoms with Crippen LogP contribution in [-0.2, 0) is 4.74 Å². The molecule has 0 saturated carbocycles. The normalized spacial score (nSPS) is 12.1. The first kappa shape index (κ1) is 15.1. The van der Waals surface area contributed by atoms with Crippen molar-refractivity contribution in [3.05, 3.63) is 35.7 Å². The highest BCUT2D eigenvalue weighted by Gasteiger charge is 2.14. The minimum atomic E-state index is -0.347. The van der Waals surface area contributed by atoms with Gasteiger partial charge in [-0.2, -0.15) is 4.68 Å². The van der Waals surface area contributed by atoms with Crippen molar-refractivity contribution in [2.45, 2.75) is 32.7 Å². The van der Waals surface area contributed by atoms with Gasteiger partial charge in [-0.1, -0.05) is 19.4 Å². The van der Waals surface area contributed by atoms with Crippen LogP contribution in [0, 0.1) is 0 Å². The van der Waals surface area contributed by atoms with Crippen LogP contribution in [-0.4, -0.2) is 32.8 Å². The zero-order chi connectivity index (χ0) is 15.2. The molecule has 0 aliphatic rings. The number of carbonyl (C=O) groups is 1. The number of hydrogen-bond donors (Lipinski definition) is 1. The number of esters is 1. The number of hydrogen-bond acceptors (Lipinski definition) is 6. The van der Waals surface area contributed by atoms with Crippen molar-refractivity contribution in [2.75, 3.05) is 6.61 Å². The summed E-state index contributed by atoms with van der Waals surface area (Å²) < 4.78 is 6.72. The lowest BCUT2D eigenvalue weighted by Crippen LogP contribution is -2.14. The highest BCUT2D eigenvalue weighted by Crippen LogP contribution is 2.14. The first-order valence-electron chi connectivity index (χ1n) is 6.95. The molecule has 1 unspecified atom stereocenters. The molecule has 2 N–H and O–H groups in total. The molecule has 2 aromatic rings. The van der Waals surface area contributed by atoms with E-state index in [1.807, 2.05) is 13.0 Å². The minimum Gasteiger partial charge on any atom is -0.462 e. The van der Waals surface area contributed by atoms with E-state index in [1.54, 1.807) is 25.1 Å². The van der Waals surface area contributed by atoms with Crippen LogP contribution in [0.4, 0.5) is 0 Å². The summed E-state index contributed by atoms with van der Waals surface area (Å²) in [5.41, 5.74) is 6.97. The Hall–Kier alpha value is -2.28. The zero-order valence-electron chi connectivity index (χ0n) is 12.2. The van der Waals surface area contributed by atoms with Crippen LogP contribution >= 0.6 is 0 Å². The Morgan fingerprint density at radius 3 is 3.00 bits per heavy atom. The molecule has 1 aromatic heterocycles. The number of carbonyl (C=O) groups excluding carboxylic acids is 1. The fraction of sp³-hybridized carbons (Fsp3) is 0.429. The molecule has 0 bridgehead atoms. The summed E-state index contributed by atoms with van der Waals surface area (Å²) in [7, 11) is 0. The van der Waals surface area contributed by atoms with Crippen molar-refractivity contribution in [3.8, 4) is 5.69 Å². The largest absolute Gasteiger partial charge is 0.462 e. The van der Waals surface area contributed by atoms with Crippen molar-refractivity contribution in [2.24, 2.45) is 5.73 Å². The SMILES string of the molecule is CCCCOC(=O)c1cccc(-n2nnnc2C(C)N)c1. The predicted octanol–water partition coefficient (Wildman–Crippen LogP) is 1.64. The number of nitrogens with two attached hydrogens (primary N) is 1. The zero-order valence-corrected chi connectivity index (χ0v) is 12.2. The third kappa shape index (κ3) is 3.63. The van der Waals surface area contributed by atoms with Crippen LogP contribution in [0.25, 0.3) is 5.69 Å². The predicted molar refractivity (Wildman–Crippen MR) is 76.9 cm³/mol. The van der Waals surface area contributed by atoms with Gasteiger partial charge in [-0.05, 0) is 42.0 Å². The molecule has 1 heterocycles. The second kappa shape index (κ2) is 6.94. The summed E-state index contributed by atoms with van der Waals surface area (Å²) in [4.78, 5) is 12.0. The molecule has 7 nitrogen and oxygen atoms in total. The molecule has 0 saturated heterocycles. The maximum atomic E-state index is 12.0. The summed E-state index contributed by atoms with van der Waals surface area (Å²) >= 11 is 0. The van der Waals surface area contributed by atoms with Crippen molar-refractivity contribution in [1.29, 1.82) is 0 Å². The Kier molecular flexibility index (Phi) is 4.99. The average molecular weight is 289 g/mol. The molecule has 0 aliphatic heterocycles. The Morgan fingerprint density at radius 2 is 2.29 bits per heavy atom. The van der Waals surface area contributed by atoms with Gasteiger partial charge in [-0.3, -0.25) is 0 Å². The Bertz CT molecular complexity index is 609. The lowest BCUT2D eigenvalue weighted by atomic mass is 10.2. The quantitative estimate of drug-likeness (QED) is 0.641. The summed E-state index contributed by atoms with van der Waals surface area (Å²) in [5, 5.41) is 11.4. The van der Waals surface area contributed by atoms with Gasteiger partial charge < -0.3 is 10.5 Å². The third-order valence-electron chi connectivity index (χ3n) is 2.96. The van der Waals surface area contributed by atoms with Crippen molar-refractivity contribution in [3.63, 3.8) is 0 Å². The van der Waals surface area contributed by atoms with E-state index in [1.165, 1.54) is 4.68 Å². The van der Waals surface area contributed by atoms with Gasteiger partial charge in [0.25, 0.3) is 0 Å². The van der Waals surface area contributed by atoms with Gasteiger partial charge in [0.1, 0.15) is 0 Å². The van der Waals surface area contributed by atoms with Gasteiger partial charge in [-0.25, -0.2) is 4.79 Å². The monoisotopic (exact) mass is 289 g/mol. The molecule has 0 amide bonds. The van der Waals surface area contributed by atoms with Gasteiger partial charge in [0.05, 0.1) is 23.9 Å². The van der Waals surface area contributed by atoms with Crippen LogP contribution < -0.4 is 5.73 Å². The summed E-state index contributed by atoms with van der Waals surface area (Å²) in [6.07, 6.45) is 1.84. The minimum absolute atomic E-state index is 0.305. The van der Waals surface area contributed by atoms with Crippen molar-refractivity contribution >= 4 is 5.97 Å². The number of nitrogens with zero attached hydrogens (tertiary/aromatic N) is 4. The average Bonchev–Trinajstić information content (AvgIpc) is 2.97. The van der Waals surface area contributed by atoms with Crippen LogP contribution in [0.15, 0.2) is 24.3 Å². The standard InChI is InChI=1S/C14H19N5O2/c1-3-4-8-21-14(20)11-6-5-7-12(9-11)19-13(10(2)15)16-17-18-19/h5-7,9-10H,3-4,8,15H2,1-2H3. The third-order valence-corrected chi connectivity index (χ3v) is 2.96. The number of ether oxygens (including phenoxy) is 1. The van der Waals surface area contributed by atoms with Crippen LogP contribution in [0.3, 0.4) is 0 Å². The van der Waals surface area contributed by atoms with E-state index in [9.17, 15) is 4.79 Å². The summed E-state index contributed by atoms with van der Waals surface area (Å²) in [6, 6.07) is 6.66. The fourth-order valence-electron chi connectivity index (χ4n) is 1.82. The van der Waals surface area contributed by atoms with E-state index in [4.69, 9.17) is 10.5 Å². The smallest absolute Gasteiger partial charge is 0.338 e. The van der Waals surface area contributed by atoms with E-state index in [2.05, 4.69) is 15.5 Å². The van der Waals surface area contributed by atoms with Crippen molar-refractivity contribution < 1.29 is 9.53 Å². The maximum absolute atomic E-state index is 12.0. The summed E-state index contributed by atoms with van der Waals surface area (Å²) in [6.45, 7) is 4.27. The molecular formula is C14H19N5O2. The maximum Gasteiger partial charge on any atom is 0.338 e. The molecule has 0 radical (unpaired) electrons. The van der Waals surface area contributed by atoms with E-state index < -0.39 is 0 Å². The number of rotatable bonds is 6. The van der Waals surface area contributed by atoms with Gasteiger partial charge in [-0.15, -0.1) is 5.10 Å². The van der Waals surface area contributed by atoms with E-state index in [0.717, 1.165) is 12.8 Å². The lowest BCUT2D eigenvalue weighted by molar-refractivity contribution is 0.0499. The molecular weight excluding hydrogens is 270 g/mol. The number of tetrazole rings is 1. The molecule has 1 atom stereocenters. The topological polar surface area (TPSA) is 95.9 Å². The molecule has 7 heteroatoms. The van der Waals surface area contributed by atoms with E-state index >= 15 is 0 Å². The first-order chi connectivity index (χ1) is 10.1. The summed E-state index contributed by atoms with van der Waals surface area (Å²) in [5.74, 6) is 0.187. The lowest BCUT2D eigenvalue weighted by Gasteiger charge is -2.08. The number of aromatic nitrogens is 4. The highest BCUT2D eigenvalue weighted by atomic mass is 16.5. The molecule has 112 valence electrons. The molecule has 0 spiro atoms. The fourth-order valence-corrected chi connectivity index (χ4v) is 1.82. The number of benzene rings is 1. The van der Waals surface area contributed by atoms with Crippen molar-refractivity contribution in [1.82, 2.24) is 20.2 Å². The molecule has 21 heavy (non-hydrogen) atoms. The van der Waals surface area contributed by atoms with Gasteiger partial charge >= 0.3 is 5.97 Å². The van der Waals surface area contributed by atoms with Crippen LogP contribution in [0.1, 0.15) is 48.9 Å². The molecule has 1 aromatic carbocycles. The Labute approximate surface area is 123 Å². The second-order valence-electron chi connectivity index (χ2n) is 4.78. The Balaban J connectivity index is 2.21. The van der Waals surface area contributed by atoms with Crippen LogP contribution in [0.5, 0.6) is 0 Å². The van der Waals surface area contributed by atoms with Gasteiger partial charge in [0.2, 0.25) is 0 Å². The molecule has 0 fully saturated rings. The second-order valence-corrected chi connectivity index (χ2v) is 4.78. The van der Waals surface area contributed by atoms with E-state index in [-0.39, 0.29) is 12.0 Å². The molecule has 2 rings (SSSR count). The molecule has 0 aliphatic carbocycles. The number of unbranched alkanes of at least 4 members (excludes halogenated alkanes) is 1. The first-order valence-corrected chi connectivity index (χ1v) is 6.95. The van der Waals surface area contributed by atoms with Crippen LogP contribution in [0.2, 0.25) is 0 Å².